The Morgan fingerprint density at radius 3 is 2.56 bits per heavy atom. The molecule has 0 atom stereocenters. The van der Waals surface area contributed by atoms with Gasteiger partial charge in [-0.15, -0.1) is 0 Å². The van der Waals surface area contributed by atoms with Crippen molar-refractivity contribution in [1.82, 2.24) is 9.97 Å². The van der Waals surface area contributed by atoms with Gasteiger partial charge >= 0.3 is 0 Å². The minimum absolute atomic E-state index is 0.0468. The molecule has 4 nitrogen and oxygen atoms in total. The molecule has 0 aliphatic rings. The highest BCUT2D eigenvalue weighted by Crippen LogP contribution is 2.13. The maximum Gasteiger partial charge on any atom is 0.187 e. The zero-order valence-electron chi connectivity index (χ0n) is 10.2. The van der Waals surface area contributed by atoms with Crippen LogP contribution < -0.4 is 11.3 Å². The summed E-state index contributed by atoms with van der Waals surface area (Å²) in [7, 11) is 0. The number of nitrogens with two attached hydrogens (primary N) is 1. The molecule has 1 heterocycles. The maximum absolute atomic E-state index is 13.5. The molecule has 0 fully saturated rings. The monoisotopic (exact) mass is 246 g/mol. The molecule has 5 heteroatoms. The number of anilines is 1. The summed E-state index contributed by atoms with van der Waals surface area (Å²) in [6, 6.07) is 10.0. The first kappa shape index (κ1) is 12.4. The molecule has 18 heavy (non-hydrogen) atoms. The summed E-state index contributed by atoms with van der Waals surface area (Å²) >= 11 is 0. The van der Waals surface area contributed by atoms with Gasteiger partial charge in [0.2, 0.25) is 0 Å². The van der Waals surface area contributed by atoms with Gasteiger partial charge in [-0.1, -0.05) is 30.3 Å². The van der Waals surface area contributed by atoms with Crippen LogP contribution in [0.5, 0.6) is 0 Å². The van der Waals surface area contributed by atoms with Gasteiger partial charge in [-0.3, -0.25) is 0 Å². The maximum atomic E-state index is 13.5. The topological polar surface area (TPSA) is 63.8 Å². The number of nitrogen functional groups attached to an aromatic ring is 1. The van der Waals surface area contributed by atoms with Gasteiger partial charge in [-0.25, -0.2) is 20.2 Å². The summed E-state index contributed by atoms with van der Waals surface area (Å²) in [6.45, 7) is 1.60. The fraction of sp³-hybridized carbons (Fsp3) is 0.231. The average molecular weight is 246 g/mol. The first-order valence-electron chi connectivity index (χ1n) is 5.74. The lowest BCUT2D eigenvalue weighted by molar-refractivity contribution is 0.599. The van der Waals surface area contributed by atoms with Crippen LogP contribution >= 0.6 is 0 Å². The normalized spacial score (nSPS) is 10.4. The lowest BCUT2D eigenvalue weighted by Gasteiger charge is -2.07. The number of rotatable bonds is 4. The fourth-order valence-electron chi connectivity index (χ4n) is 1.73. The van der Waals surface area contributed by atoms with Crippen LogP contribution in [-0.4, -0.2) is 9.97 Å². The minimum Gasteiger partial charge on any atom is -0.306 e. The van der Waals surface area contributed by atoms with Gasteiger partial charge in [-0.2, -0.15) is 0 Å². The molecule has 0 aliphatic heterocycles. The van der Waals surface area contributed by atoms with Crippen molar-refractivity contribution in [1.29, 1.82) is 0 Å². The third kappa shape index (κ3) is 2.81. The van der Waals surface area contributed by atoms with Gasteiger partial charge in [0.05, 0.1) is 5.69 Å². The summed E-state index contributed by atoms with van der Waals surface area (Å²) in [4.78, 5) is 8.16. The summed E-state index contributed by atoms with van der Waals surface area (Å²) in [5.41, 5.74) is 3.75. The predicted molar refractivity (Wildman–Crippen MR) is 68.4 cm³/mol. The van der Waals surface area contributed by atoms with E-state index >= 15 is 0 Å². The van der Waals surface area contributed by atoms with Crippen LogP contribution in [0.2, 0.25) is 0 Å². The lowest BCUT2D eigenvalue weighted by Crippen LogP contribution is -2.14. The van der Waals surface area contributed by atoms with Crippen molar-refractivity contribution in [3.63, 3.8) is 0 Å². The number of benzene rings is 1. The molecule has 2 aromatic rings. The molecule has 0 saturated heterocycles. The van der Waals surface area contributed by atoms with Gasteiger partial charge in [0.1, 0.15) is 5.82 Å². The van der Waals surface area contributed by atoms with Crippen LogP contribution in [0.1, 0.15) is 17.1 Å². The SMILES string of the molecule is Cc1nc(CCc2ccccc2)nc(NN)c1F. The lowest BCUT2D eigenvalue weighted by atomic mass is 10.1. The Morgan fingerprint density at radius 1 is 1.17 bits per heavy atom. The molecule has 1 aromatic carbocycles. The van der Waals surface area contributed by atoms with Crippen molar-refractivity contribution < 1.29 is 4.39 Å². The van der Waals surface area contributed by atoms with Crippen molar-refractivity contribution in [2.75, 3.05) is 5.43 Å². The smallest absolute Gasteiger partial charge is 0.187 e. The standard InChI is InChI=1S/C13H15FN4/c1-9-12(14)13(18-15)17-11(16-9)8-7-10-5-3-2-4-6-10/h2-6H,7-8,15H2,1H3,(H,16,17,18). The van der Waals surface area contributed by atoms with Gasteiger partial charge in [-0.05, 0) is 18.9 Å². The van der Waals surface area contributed by atoms with Crippen LogP contribution in [0.4, 0.5) is 10.2 Å². The van der Waals surface area contributed by atoms with E-state index < -0.39 is 5.82 Å². The van der Waals surface area contributed by atoms with E-state index in [1.54, 1.807) is 6.92 Å². The van der Waals surface area contributed by atoms with E-state index in [2.05, 4.69) is 15.4 Å². The van der Waals surface area contributed by atoms with Crippen LogP contribution in [0.3, 0.4) is 0 Å². The average Bonchev–Trinajstić information content (AvgIpc) is 2.41. The summed E-state index contributed by atoms with van der Waals surface area (Å²) in [5, 5.41) is 0. The Morgan fingerprint density at radius 2 is 1.89 bits per heavy atom. The third-order valence-electron chi connectivity index (χ3n) is 2.68. The minimum atomic E-state index is -0.499. The number of hydrogen-bond acceptors (Lipinski definition) is 4. The van der Waals surface area contributed by atoms with Crippen molar-refractivity contribution in [2.24, 2.45) is 5.84 Å². The highest BCUT2D eigenvalue weighted by Gasteiger charge is 2.10. The molecule has 1 aromatic heterocycles. The van der Waals surface area contributed by atoms with E-state index in [1.165, 1.54) is 5.56 Å². The van der Waals surface area contributed by atoms with Crippen LogP contribution in [0.15, 0.2) is 30.3 Å². The number of aromatic nitrogens is 2. The zero-order valence-corrected chi connectivity index (χ0v) is 10.2. The summed E-state index contributed by atoms with van der Waals surface area (Å²) in [6.07, 6.45) is 1.47. The Balaban J connectivity index is 2.13. The molecule has 0 amide bonds. The Bertz CT molecular complexity index is 528. The Hall–Kier alpha value is -2.01. The number of hydrogen-bond donors (Lipinski definition) is 2. The van der Waals surface area contributed by atoms with Crippen molar-refractivity contribution >= 4 is 5.82 Å². The van der Waals surface area contributed by atoms with E-state index in [-0.39, 0.29) is 5.82 Å². The third-order valence-corrected chi connectivity index (χ3v) is 2.68. The molecule has 2 rings (SSSR count). The molecule has 0 saturated carbocycles. The second-order valence-electron chi connectivity index (χ2n) is 4.02. The van der Waals surface area contributed by atoms with Crippen LogP contribution in [-0.2, 0) is 12.8 Å². The van der Waals surface area contributed by atoms with E-state index in [1.807, 2.05) is 30.3 Å². The molecule has 0 spiro atoms. The molecular weight excluding hydrogens is 231 g/mol. The van der Waals surface area contributed by atoms with Crippen molar-refractivity contribution in [3.8, 4) is 0 Å². The van der Waals surface area contributed by atoms with Gasteiger partial charge in [0.15, 0.2) is 11.6 Å². The highest BCUT2D eigenvalue weighted by molar-refractivity contribution is 5.36. The van der Waals surface area contributed by atoms with Crippen LogP contribution in [0, 0.1) is 12.7 Å². The predicted octanol–water partition coefficient (Wildman–Crippen LogP) is 1.99. The molecule has 3 N–H and O–H groups in total. The molecule has 0 radical (unpaired) electrons. The van der Waals surface area contributed by atoms with Gasteiger partial charge in [0.25, 0.3) is 0 Å². The van der Waals surface area contributed by atoms with E-state index in [0.29, 0.717) is 17.9 Å². The van der Waals surface area contributed by atoms with Crippen molar-refractivity contribution in [2.45, 2.75) is 19.8 Å². The van der Waals surface area contributed by atoms with Gasteiger partial charge in [0, 0.05) is 6.42 Å². The second-order valence-corrected chi connectivity index (χ2v) is 4.02. The number of nitrogens with zero attached hydrogens (tertiary/aromatic N) is 2. The second kappa shape index (κ2) is 5.55. The molecule has 0 unspecified atom stereocenters. The quantitative estimate of drug-likeness (QED) is 0.639. The van der Waals surface area contributed by atoms with Gasteiger partial charge < -0.3 is 5.43 Å². The zero-order chi connectivity index (χ0) is 13.0. The molecule has 0 bridgehead atoms. The summed E-state index contributed by atoms with van der Waals surface area (Å²) in [5.74, 6) is 5.35. The number of nitrogens with one attached hydrogen (secondary N) is 1. The van der Waals surface area contributed by atoms with Crippen LogP contribution in [0.25, 0.3) is 0 Å². The fourth-order valence-corrected chi connectivity index (χ4v) is 1.73. The number of aryl methyl sites for hydroxylation is 3. The molecular formula is C13H15FN4. The highest BCUT2D eigenvalue weighted by atomic mass is 19.1. The number of halogens is 1. The number of hydrazine groups is 1. The van der Waals surface area contributed by atoms with E-state index in [0.717, 1.165) is 6.42 Å². The first-order valence-corrected chi connectivity index (χ1v) is 5.74. The van der Waals surface area contributed by atoms with E-state index in [4.69, 9.17) is 5.84 Å². The van der Waals surface area contributed by atoms with Crippen molar-refractivity contribution in [3.05, 3.63) is 53.2 Å². The Kier molecular flexibility index (Phi) is 3.84. The molecule has 94 valence electrons. The Labute approximate surface area is 105 Å². The van der Waals surface area contributed by atoms with E-state index in [9.17, 15) is 4.39 Å². The first-order chi connectivity index (χ1) is 8.70. The largest absolute Gasteiger partial charge is 0.306 e. The molecule has 0 aliphatic carbocycles. The summed E-state index contributed by atoms with van der Waals surface area (Å²) < 4.78 is 13.5.